The van der Waals surface area contributed by atoms with Crippen molar-refractivity contribution in [1.29, 1.82) is 0 Å². The van der Waals surface area contributed by atoms with Gasteiger partial charge in [0.25, 0.3) is 0 Å². The Hall–Kier alpha value is -2.48. The molecule has 1 N–H and O–H groups in total. The molecule has 0 radical (unpaired) electrons. The van der Waals surface area contributed by atoms with E-state index in [0.29, 0.717) is 0 Å². The number of aliphatic hydroxyl groups excluding tert-OH is 1. The lowest BCUT2D eigenvalue weighted by Crippen LogP contribution is -2.52. The van der Waals surface area contributed by atoms with Gasteiger partial charge >= 0.3 is 0 Å². The molecule has 0 saturated carbocycles. The van der Waals surface area contributed by atoms with Crippen LogP contribution in [-0.2, 0) is 13.1 Å². The van der Waals surface area contributed by atoms with E-state index in [1.807, 2.05) is 30.7 Å². The van der Waals surface area contributed by atoms with Crippen LogP contribution < -0.4 is 0 Å². The Morgan fingerprint density at radius 2 is 1.84 bits per heavy atom. The number of piperazine rings is 1. The van der Waals surface area contributed by atoms with Crippen molar-refractivity contribution in [1.82, 2.24) is 19.6 Å². The molecular formula is C24H31FN4O2. The van der Waals surface area contributed by atoms with Crippen LogP contribution in [0.3, 0.4) is 0 Å². The summed E-state index contributed by atoms with van der Waals surface area (Å²) in [4.78, 5) is 4.85. The molecule has 1 aliphatic heterocycles. The van der Waals surface area contributed by atoms with Crippen molar-refractivity contribution in [2.75, 3.05) is 26.2 Å². The third kappa shape index (κ3) is 4.89. The summed E-state index contributed by atoms with van der Waals surface area (Å²) in [6.45, 7) is 10.6. The third-order valence-corrected chi connectivity index (χ3v) is 6.20. The van der Waals surface area contributed by atoms with Gasteiger partial charge in [-0.25, -0.2) is 9.07 Å². The van der Waals surface area contributed by atoms with E-state index >= 15 is 0 Å². The lowest BCUT2D eigenvalue weighted by Gasteiger charge is -2.41. The maximum absolute atomic E-state index is 13.3. The molecule has 0 spiro atoms. The van der Waals surface area contributed by atoms with E-state index in [0.717, 1.165) is 67.7 Å². The molecule has 1 aliphatic rings. The Kier molecular flexibility index (Phi) is 6.55. The summed E-state index contributed by atoms with van der Waals surface area (Å²) in [7, 11) is 0. The zero-order valence-corrected chi connectivity index (χ0v) is 18.5. The summed E-state index contributed by atoms with van der Waals surface area (Å²) in [5, 5.41) is 14.3. The maximum atomic E-state index is 13.3. The van der Waals surface area contributed by atoms with Crippen LogP contribution in [0.25, 0.3) is 5.69 Å². The van der Waals surface area contributed by atoms with Gasteiger partial charge in [0.15, 0.2) is 0 Å². The zero-order valence-electron chi connectivity index (χ0n) is 18.5. The second-order valence-electron chi connectivity index (χ2n) is 8.42. The van der Waals surface area contributed by atoms with Crippen molar-refractivity contribution >= 4 is 0 Å². The van der Waals surface area contributed by atoms with Gasteiger partial charge in [-0.05, 0) is 63.6 Å². The van der Waals surface area contributed by atoms with Crippen LogP contribution in [0.5, 0.6) is 0 Å². The molecule has 2 aromatic heterocycles. The predicted octanol–water partition coefficient (Wildman–Crippen LogP) is 3.60. The van der Waals surface area contributed by atoms with Crippen molar-refractivity contribution in [3.63, 3.8) is 0 Å². The van der Waals surface area contributed by atoms with E-state index in [1.54, 1.807) is 12.1 Å². The molecule has 3 aromatic rings. The van der Waals surface area contributed by atoms with Crippen LogP contribution in [-0.4, -0.2) is 57.0 Å². The van der Waals surface area contributed by atoms with Crippen LogP contribution in [0.1, 0.15) is 34.9 Å². The van der Waals surface area contributed by atoms with Crippen molar-refractivity contribution < 1.29 is 13.9 Å². The molecule has 0 aliphatic carbocycles. The maximum Gasteiger partial charge on any atom is 0.123 e. The van der Waals surface area contributed by atoms with E-state index in [9.17, 15) is 9.50 Å². The summed E-state index contributed by atoms with van der Waals surface area (Å²) in [5.41, 5.74) is 4.15. The van der Waals surface area contributed by atoms with E-state index in [1.165, 1.54) is 17.7 Å². The summed E-state index contributed by atoms with van der Waals surface area (Å²) >= 11 is 0. The minimum absolute atomic E-state index is 0.173. The highest BCUT2D eigenvalue weighted by molar-refractivity contribution is 5.37. The number of benzene rings is 1. The number of rotatable bonds is 7. The fraction of sp³-hybridized carbons (Fsp3) is 0.458. The average molecular weight is 427 g/mol. The van der Waals surface area contributed by atoms with Gasteiger partial charge in [-0.2, -0.15) is 5.10 Å². The fourth-order valence-corrected chi connectivity index (χ4v) is 4.46. The quantitative estimate of drug-likeness (QED) is 0.626. The molecule has 0 amide bonds. The number of furan rings is 1. The molecule has 1 aromatic carbocycles. The topological polar surface area (TPSA) is 57.7 Å². The largest absolute Gasteiger partial charge is 0.465 e. The molecular weight excluding hydrogens is 395 g/mol. The van der Waals surface area contributed by atoms with Gasteiger partial charge in [0.05, 0.1) is 17.9 Å². The Morgan fingerprint density at radius 3 is 2.52 bits per heavy atom. The van der Waals surface area contributed by atoms with Gasteiger partial charge < -0.3 is 9.52 Å². The molecule has 0 bridgehead atoms. The summed E-state index contributed by atoms with van der Waals surface area (Å²) in [5.74, 6) is 1.65. The first-order valence-electron chi connectivity index (χ1n) is 10.9. The molecule has 0 unspecified atom stereocenters. The van der Waals surface area contributed by atoms with Crippen LogP contribution in [0.2, 0.25) is 0 Å². The Bertz CT molecular complexity index is 1010. The molecule has 166 valence electrons. The number of halogens is 1. The van der Waals surface area contributed by atoms with Crippen LogP contribution in [0.15, 0.2) is 40.8 Å². The van der Waals surface area contributed by atoms with Crippen LogP contribution in [0, 0.1) is 26.6 Å². The minimum Gasteiger partial charge on any atom is -0.465 e. The highest BCUT2D eigenvalue weighted by atomic mass is 19.1. The second kappa shape index (κ2) is 9.34. The molecule has 4 rings (SSSR count). The molecule has 1 atom stereocenters. The first kappa shape index (κ1) is 21.7. The number of aryl methyl sites for hydroxylation is 2. The normalized spacial score (nSPS) is 18.0. The minimum atomic E-state index is -0.247. The van der Waals surface area contributed by atoms with Gasteiger partial charge in [-0.1, -0.05) is 0 Å². The lowest BCUT2D eigenvalue weighted by atomic mass is 10.1. The SMILES string of the molecule is Cc1ccc(CN2CCN(Cc3c(C)nn(-c4ccc(F)cc4)c3C)C[C@H]2CCO)o1. The molecule has 1 fully saturated rings. The molecule has 6 nitrogen and oxygen atoms in total. The first-order valence-corrected chi connectivity index (χ1v) is 10.9. The van der Waals surface area contributed by atoms with E-state index in [-0.39, 0.29) is 18.5 Å². The highest BCUT2D eigenvalue weighted by Crippen LogP contribution is 2.23. The first-order chi connectivity index (χ1) is 14.9. The molecule has 1 saturated heterocycles. The van der Waals surface area contributed by atoms with Crippen LogP contribution in [0.4, 0.5) is 4.39 Å². The number of aromatic nitrogens is 2. The van der Waals surface area contributed by atoms with Gasteiger partial charge in [0.2, 0.25) is 0 Å². The van der Waals surface area contributed by atoms with E-state index < -0.39 is 0 Å². The van der Waals surface area contributed by atoms with Crippen molar-refractivity contribution in [3.05, 3.63) is 70.7 Å². The van der Waals surface area contributed by atoms with Gasteiger partial charge in [-0.3, -0.25) is 9.80 Å². The molecule has 7 heteroatoms. The average Bonchev–Trinajstić information content (AvgIpc) is 3.28. The Balaban J connectivity index is 1.46. The highest BCUT2D eigenvalue weighted by Gasteiger charge is 2.28. The van der Waals surface area contributed by atoms with Crippen molar-refractivity contribution in [3.8, 4) is 5.69 Å². The van der Waals surface area contributed by atoms with Gasteiger partial charge in [0, 0.05) is 50.1 Å². The number of hydrogen-bond acceptors (Lipinski definition) is 5. The number of nitrogens with zero attached hydrogens (tertiary/aromatic N) is 4. The standard InChI is InChI=1S/C24H31FN4O2/c1-17-4-9-23(31-17)15-28-12-11-27(14-22(28)10-13-30)16-24-18(2)26-29(19(24)3)21-7-5-20(25)6-8-21/h4-9,22,30H,10-16H2,1-3H3/t22-/m1/s1. The Morgan fingerprint density at radius 1 is 1.06 bits per heavy atom. The van der Waals surface area contributed by atoms with Crippen molar-refractivity contribution in [2.45, 2.75) is 46.3 Å². The van der Waals surface area contributed by atoms with Crippen molar-refractivity contribution in [2.24, 2.45) is 0 Å². The predicted molar refractivity (Wildman–Crippen MR) is 118 cm³/mol. The smallest absolute Gasteiger partial charge is 0.123 e. The summed E-state index contributed by atoms with van der Waals surface area (Å²) in [6, 6.07) is 10.7. The fourth-order valence-electron chi connectivity index (χ4n) is 4.46. The third-order valence-electron chi connectivity index (χ3n) is 6.20. The molecule has 31 heavy (non-hydrogen) atoms. The van der Waals surface area contributed by atoms with Crippen LogP contribution >= 0.6 is 0 Å². The summed E-state index contributed by atoms with van der Waals surface area (Å²) in [6.07, 6.45) is 0.739. The van der Waals surface area contributed by atoms with Gasteiger partial charge in [0.1, 0.15) is 17.3 Å². The number of hydrogen-bond donors (Lipinski definition) is 1. The molecule has 3 heterocycles. The van der Waals surface area contributed by atoms with Gasteiger partial charge in [-0.15, -0.1) is 0 Å². The second-order valence-corrected chi connectivity index (χ2v) is 8.42. The zero-order chi connectivity index (χ0) is 22.0. The van der Waals surface area contributed by atoms with E-state index in [4.69, 9.17) is 9.52 Å². The number of aliphatic hydroxyl groups is 1. The van der Waals surface area contributed by atoms with E-state index in [2.05, 4.69) is 16.7 Å². The summed E-state index contributed by atoms with van der Waals surface area (Å²) < 4.78 is 21.0. The monoisotopic (exact) mass is 426 g/mol. The lowest BCUT2D eigenvalue weighted by molar-refractivity contribution is 0.0452. The Labute approximate surface area is 182 Å².